The molecule has 3 heteroatoms. The molecular formula is C9H14O3. The minimum atomic E-state index is -0.679. The van der Waals surface area contributed by atoms with Crippen molar-refractivity contribution in [1.82, 2.24) is 0 Å². The average Bonchev–Trinajstić information content (AvgIpc) is 2.17. The number of rotatable bonds is 2. The summed E-state index contributed by atoms with van der Waals surface area (Å²) in [6.07, 6.45) is 5.02. The number of ether oxygens (including phenoxy) is 1. The molecule has 0 spiro atoms. The van der Waals surface area contributed by atoms with E-state index in [4.69, 9.17) is 0 Å². The van der Waals surface area contributed by atoms with Crippen LogP contribution in [0, 0.1) is 5.92 Å². The smallest absolute Gasteiger partial charge is 0.374 e. The zero-order chi connectivity index (χ0) is 8.97. The molecule has 0 unspecified atom stereocenters. The zero-order valence-corrected chi connectivity index (χ0v) is 7.34. The Morgan fingerprint density at radius 2 is 1.75 bits per heavy atom. The van der Waals surface area contributed by atoms with E-state index >= 15 is 0 Å². The first-order valence-electron chi connectivity index (χ1n) is 4.38. The van der Waals surface area contributed by atoms with Gasteiger partial charge in [0.2, 0.25) is 5.78 Å². The lowest BCUT2D eigenvalue weighted by Crippen LogP contribution is -2.26. The fourth-order valence-corrected chi connectivity index (χ4v) is 1.63. The number of Topliss-reactive ketones (excluding diaryl/α,β-unsaturated/α-hetero) is 1. The molecule has 0 atom stereocenters. The van der Waals surface area contributed by atoms with Crippen molar-refractivity contribution in [1.29, 1.82) is 0 Å². The predicted octanol–water partition coefficient (Wildman–Crippen LogP) is 1.31. The monoisotopic (exact) mass is 170 g/mol. The molecule has 1 saturated carbocycles. The van der Waals surface area contributed by atoms with Gasteiger partial charge in [0.1, 0.15) is 0 Å². The van der Waals surface area contributed by atoms with Crippen molar-refractivity contribution in [2.24, 2.45) is 5.92 Å². The molecule has 3 nitrogen and oxygen atoms in total. The van der Waals surface area contributed by atoms with Gasteiger partial charge in [-0.15, -0.1) is 0 Å². The van der Waals surface area contributed by atoms with Crippen LogP contribution in [0.25, 0.3) is 0 Å². The standard InChI is InChI=1S/C9H14O3/c1-12-9(11)8(10)7-5-3-2-4-6-7/h7H,2-6H2,1H3. The molecule has 0 aromatic rings. The molecule has 1 fully saturated rings. The van der Waals surface area contributed by atoms with E-state index in [1.807, 2.05) is 0 Å². The lowest BCUT2D eigenvalue weighted by Gasteiger charge is -2.18. The van der Waals surface area contributed by atoms with Gasteiger partial charge < -0.3 is 4.74 Å². The van der Waals surface area contributed by atoms with Crippen molar-refractivity contribution in [3.05, 3.63) is 0 Å². The van der Waals surface area contributed by atoms with E-state index in [-0.39, 0.29) is 11.7 Å². The largest absolute Gasteiger partial charge is 0.463 e. The van der Waals surface area contributed by atoms with Gasteiger partial charge in [0.05, 0.1) is 7.11 Å². The first kappa shape index (κ1) is 9.23. The number of hydrogen-bond acceptors (Lipinski definition) is 3. The molecule has 0 aromatic heterocycles. The molecule has 12 heavy (non-hydrogen) atoms. The molecule has 0 bridgehead atoms. The van der Waals surface area contributed by atoms with Crippen molar-refractivity contribution in [3.8, 4) is 0 Å². The molecule has 68 valence electrons. The Hall–Kier alpha value is -0.860. The first-order valence-corrected chi connectivity index (χ1v) is 4.38. The Morgan fingerprint density at radius 3 is 2.25 bits per heavy atom. The van der Waals surface area contributed by atoms with Crippen LogP contribution in [0.1, 0.15) is 32.1 Å². The van der Waals surface area contributed by atoms with Crippen molar-refractivity contribution in [2.45, 2.75) is 32.1 Å². The van der Waals surface area contributed by atoms with Crippen LogP contribution in [0.3, 0.4) is 0 Å². The molecule has 0 N–H and O–H groups in total. The minimum absolute atomic E-state index is 0.0637. The van der Waals surface area contributed by atoms with Gasteiger partial charge >= 0.3 is 5.97 Å². The summed E-state index contributed by atoms with van der Waals surface area (Å²) in [6, 6.07) is 0. The number of hydrogen-bond donors (Lipinski definition) is 0. The van der Waals surface area contributed by atoms with Crippen molar-refractivity contribution in [3.63, 3.8) is 0 Å². The third-order valence-electron chi connectivity index (χ3n) is 2.36. The van der Waals surface area contributed by atoms with Crippen LogP contribution < -0.4 is 0 Å². The summed E-state index contributed by atoms with van der Waals surface area (Å²) >= 11 is 0. The highest BCUT2D eigenvalue weighted by molar-refractivity contribution is 6.34. The molecule has 1 aliphatic rings. The van der Waals surface area contributed by atoms with Crippen molar-refractivity contribution < 1.29 is 14.3 Å². The Balaban J connectivity index is 2.45. The molecule has 0 radical (unpaired) electrons. The molecule has 1 aliphatic carbocycles. The molecule has 0 aliphatic heterocycles. The maximum atomic E-state index is 11.3. The molecule has 0 aromatic carbocycles. The fourth-order valence-electron chi connectivity index (χ4n) is 1.63. The average molecular weight is 170 g/mol. The Bertz CT molecular complexity index is 180. The summed E-state index contributed by atoms with van der Waals surface area (Å²) in [5, 5.41) is 0. The van der Waals surface area contributed by atoms with E-state index < -0.39 is 5.97 Å². The summed E-state index contributed by atoms with van der Waals surface area (Å²) in [5.41, 5.74) is 0. The van der Waals surface area contributed by atoms with E-state index in [0.29, 0.717) is 0 Å². The zero-order valence-electron chi connectivity index (χ0n) is 7.34. The minimum Gasteiger partial charge on any atom is -0.463 e. The predicted molar refractivity (Wildman–Crippen MR) is 43.6 cm³/mol. The van der Waals surface area contributed by atoms with Crippen LogP contribution >= 0.6 is 0 Å². The molecule has 0 heterocycles. The highest BCUT2D eigenvalue weighted by Gasteiger charge is 2.26. The van der Waals surface area contributed by atoms with E-state index in [0.717, 1.165) is 25.7 Å². The van der Waals surface area contributed by atoms with Gasteiger partial charge in [-0.1, -0.05) is 19.3 Å². The molecule has 1 rings (SSSR count). The van der Waals surface area contributed by atoms with Gasteiger partial charge in [0, 0.05) is 5.92 Å². The lowest BCUT2D eigenvalue weighted by atomic mass is 9.86. The van der Waals surface area contributed by atoms with Gasteiger partial charge in [0.15, 0.2) is 0 Å². The number of esters is 1. The van der Waals surface area contributed by atoms with Crippen molar-refractivity contribution in [2.75, 3.05) is 7.11 Å². The Kier molecular flexibility index (Phi) is 3.26. The quantitative estimate of drug-likeness (QED) is 0.463. The number of methoxy groups -OCH3 is 1. The van der Waals surface area contributed by atoms with E-state index in [1.165, 1.54) is 13.5 Å². The number of ketones is 1. The third kappa shape index (κ3) is 2.06. The second kappa shape index (κ2) is 4.24. The molecule has 0 amide bonds. The topological polar surface area (TPSA) is 43.4 Å². The maximum absolute atomic E-state index is 11.3. The summed E-state index contributed by atoms with van der Waals surface area (Å²) < 4.78 is 4.38. The van der Waals surface area contributed by atoms with Crippen LogP contribution in [-0.4, -0.2) is 18.9 Å². The summed E-state index contributed by atoms with van der Waals surface area (Å²) in [7, 11) is 1.25. The normalized spacial score (nSPS) is 18.8. The van der Waals surface area contributed by atoms with E-state index in [1.54, 1.807) is 0 Å². The van der Waals surface area contributed by atoms with Gasteiger partial charge in [-0.25, -0.2) is 4.79 Å². The Morgan fingerprint density at radius 1 is 1.17 bits per heavy atom. The van der Waals surface area contributed by atoms with E-state index in [2.05, 4.69) is 4.74 Å². The second-order valence-electron chi connectivity index (χ2n) is 3.19. The summed E-state index contributed by atoms with van der Waals surface area (Å²) in [4.78, 5) is 22.1. The first-order chi connectivity index (χ1) is 5.75. The second-order valence-corrected chi connectivity index (χ2v) is 3.19. The van der Waals surface area contributed by atoms with E-state index in [9.17, 15) is 9.59 Å². The summed E-state index contributed by atoms with van der Waals surface area (Å²) in [6.45, 7) is 0. The van der Waals surface area contributed by atoms with Crippen molar-refractivity contribution >= 4 is 11.8 Å². The number of carbonyl (C=O) groups is 2. The lowest BCUT2D eigenvalue weighted by molar-refractivity contribution is -0.154. The van der Waals surface area contributed by atoms with Gasteiger partial charge in [-0.05, 0) is 12.8 Å². The van der Waals surface area contributed by atoms with Gasteiger partial charge in [0.25, 0.3) is 0 Å². The fraction of sp³-hybridized carbons (Fsp3) is 0.778. The highest BCUT2D eigenvalue weighted by Crippen LogP contribution is 2.24. The molecule has 0 saturated heterocycles. The molecular weight excluding hydrogens is 156 g/mol. The van der Waals surface area contributed by atoms with Crippen LogP contribution in [0.2, 0.25) is 0 Å². The summed E-state index contributed by atoms with van der Waals surface area (Å²) in [5.74, 6) is -1.08. The van der Waals surface area contributed by atoms with Gasteiger partial charge in [-0.2, -0.15) is 0 Å². The highest BCUT2D eigenvalue weighted by atomic mass is 16.5. The van der Waals surface area contributed by atoms with Crippen LogP contribution in [0.15, 0.2) is 0 Å². The van der Waals surface area contributed by atoms with Crippen LogP contribution in [0.4, 0.5) is 0 Å². The van der Waals surface area contributed by atoms with Crippen LogP contribution in [0.5, 0.6) is 0 Å². The maximum Gasteiger partial charge on any atom is 0.374 e. The number of carbonyl (C=O) groups excluding carboxylic acids is 2. The SMILES string of the molecule is COC(=O)C(=O)C1CCCCC1. The van der Waals surface area contributed by atoms with Gasteiger partial charge in [-0.3, -0.25) is 4.79 Å². The Labute approximate surface area is 72.1 Å². The van der Waals surface area contributed by atoms with Crippen LogP contribution in [-0.2, 0) is 14.3 Å². The third-order valence-corrected chi connectivity index (χ3v) is 2.36.